The van der Waals surface area contributed by atoms with Crippen LogP contribution in [0.25, 0.3) is 0 Å². The largest absolute Gasteiger partial charge is 0.464 e. The molecule has 1 rings (SSSR count). The van der Waals surface area contributed by atoms with Gasteiger partial charge >= 0.3 is 5.97 Å². The SMILES string of the molecule is C=CCNC(C)(C(=O)OCC)c1cc(C)ccc1C. The Morgan fingerprint density at radius 1 is 1.47 bits per heavy atom. The van der Waals surface area contributed by atoms with Gasteiger partial charge in [0.1, 0.15) is 5.54 Å². The highest BCUT2D eigenvalue weighted by molar-refractivity contribution is 5.82. The molecule has 0 spiro atoms. The minimum Gasteiger partial charge on any atom is -0.464 e. The van der Waals surface area contributed by atoms with Gasteiger partial charge in [0.25, 0.3) is 0 Å². The van der Waals surface area contributed by atoms with Gasteiger partial charge in [-0.2, -0.15) is 0 Å². The second-order valence-corrected chi connectivity index (χ2v) is 4.83. The van der Waals surface area contributed by atoms with E-state index in [1.54, 1.807) is 6.08 Å². The van der Waals surface area contributed by atoms with Crippen molar-refractivity contribution in [2.24, 2.45) is 0 Å². The number of esters is 1. The van der Waals surface area contributed by atoms with Crippen LogP contribution in [-0.2, 0) is 15.1 Å². The van der Waals surface area contributed by atoms with E-state index >= 15 is 0 Å². The third-order valence-electron chi connectivity index (χ3n) is 3.22. The minimum absolute atomic E-state index is 0.259. The first-order valence-corrected chi connectivity index (χ1v) is 6.56. The molecule has 0 radical (unpaired) electrons. The molecular weight excluding hydrogens is 238 g/mol. The Morgan fingerprint density at radius 2 is 2.16 bits per heavy atom. The van der Waals surface area contributed by atoms with Crippen LogP contribution < -0.4 is 5.32 Å². The Labute approximate surface area is 115 Å². The summed E-state index contributed by atoms with van der Waals surface area (Å²) in [6.07, 6.45) is 1.74. The van der Waals surface area contributed by atoms with Crippen LogP contribution in [-0.4, -0.2) is 19.1 Å². The maximum Gasteiger partial charge on any atom is 0.330 e. The van der Waals surface area contributed by atoms with Crippen molar-refractivity contribution in [3.63, 3.8) is 0 Å². The smallest absolute Gasteiger partial charge is 0.330 e. The van der Waals surface area contributed by atoms with E-state index in [1.807, 2.05) is 45.9 Å². The average Bonchev–Trinajstić information content (AvgIpc) is 2.39. The van der Waals surface area contributed by atoms with Gasteiger partial charge in [0.15, 0.2) is 0 Å². The number of hydrogen-bond donors (Lipinski definition) is 1. The van der Waals surface area contributed by atoms with Crippen molar-refractivity contribution in [2.45, 2.75) is 33.2 Å². The van der Waals surface area contributed by atoms with E-state index in [-0.39, 0.29) is 5.97 Å². The molecule has 1 unspecified atom stereocenters. The normalized spacial score (nSPS) is 13.7. The highest BCUT2D eigenvalue weighted by Crippen LogP contribution is 2.26. The van der Waals surface area contributed by atoms with Gasteiger partial charge in [-0.3, -0.25) is 5.32 Å². The van der Waals surface area contributed by atoms with Gasteiger partial charge in [-0.25, -0.2) is 4.79 Å². The number of hydrogen-bond acceptors (Lipinski definition) is 3. The first-order valence-electron chi connectivity index (χ1n) is 6.56. The summed E-state index contributed by atoms with van der Waals surface area (Å²) in [4.78, 5) is 12.3. The quantitative estimate of drug-likeness (QED) is 0.632. The second-order valence-electron chi connectivity index (χ2n) is 4.83. The molecule has 19 heavy (non-hydrogen) atoms. The van der Waals surface area contributed by atoms with Crippen molar-refractivity contribution in [1.29, 1.82) is 0 Å². The average molecular weight is 261 g/mol. The van der Waals surface area contributed by atoms with Crippen LogP contribution in [0, 0.1) is 13.8 Å². The van der Waals surface area contributed by atoms with Gasteiger partial charge in [-0.1, -0.05) is 29.8 Å². The molecule has 0 saturated heterocycles. The number of aryl methyl sites for hydroxylation is 2. The highest BCUT2D eigenvalue weighted by Gasteiger charge is 2.37. The van der Waals surface area contributed by atoms with E-state index in [0.717, 1.165) is 16.7 Å². The fourth-order valence-electron chi connectivity index (χ4n) is 2.10. The summed E-state index contributed by atoms with van der Waals surface area (Å²) in [6.45, 7) is 12.3. The minimum atomic E-state index is -0.847. The fourth-order valence-corrected chi connectivity index (χ4v) is 2.10. The van der Waals surface area contributed by atoms with Gasteiger partial charge in [0.05, 0.1) is 6.61 Å². The zero-order valence-electron chi connectivity index (χ0n) is 12.2. The van der Waals surface area contributed by atoms with Crippen LogP contribution in [0.2, 0.25) is 0 Å². The Kier molecular flexibility index (Phi) is 5.31. The first kappa shape index (κ1) is 15.4. The molecule has 0 aliphatic heterocycles. The highest BCUT2D eigenvalue weighted by atomic mass is 16.5. The molecule has 0 aromatic heterocycles. The van der Waals surface area contributed by atoms with Crippen LogP contribution in [0.3, 0.4) is 0 Å². The predicted octanol–water partition coefficient (Wildman–Crippen LogP) is 2.86. The molecule has 0 saturated carbocycles. The Balaban J connectivity index is 3.25. The van der Waals surface area contributed by atoms with Gasteiger partial charge in [-0.05, 0) is 38.8 Å². The molecule has 1 atom stereocenters. The maximum absolute atomic E-state index is 12.3. The molecule has 0 bridgehead atoms. The number of benzene rings is 1. The Hall–Kier alpha value is -1.61. The number of ether oxygens (including phenoxy) is 1. The lowest BCUT2D eigenvalue weighted by molar-refractivity contribution is -0.150. The third kappa shape index (κ3) is 3.44. The summed E-state index contributed by atoms with van der Waals surface area (Å²) < 4.78 is 5.22. The zero-order chi connectivity index (χ0) is 14.5. The topological polar surface area (TPSA) is 38.3 Å². The molecule has 3 nitrogen and oxygen atoms in total. The first-order chi connectivity index (χ1) is 8.95. The molecule has 0 amide bonds. The van der Waals surface area contributed by atoms with Crippen molar-refractivity contribution in [3.05, 3.63) is 47.5 Å². The van der Waals surface area contributed by atoms with E-state index in [2.05, 4.69) is 11.9 Å². The second kappa shape index (κ2) is 6.53. The standard InChI is InChI=1S/C16H23NO2/c1-6-10-17-16(5,15(18)19-7-2)14-11-12(3)8-9-13(14)4/h6,8-9,11,17H,1,7,10H2,2-5H3. The number of carbonyl (C=O) groups is 1. The molecule has 0 aliphatic rings. The Morgan fingerprint density at radius 3 is 2.74 bits per heavy atom. The van der Waals surface area contributed by atoms with E-state index in [0.29, 0.717) is 13.2 Å². The van der Waals surface area contributed by atoms with Gasteiger partial charge in [-0.15, -0.1) is 6.58 Å². The van der Waals surface area contributed by atoms with Gasteiger partial charge in [0, 0.05) is 6.54 Å². The predicted molar refractivity (Wildman–Crippen MR) is 78.1 cm³/mol. The lowest BCUT2D eigenvalue weighted by Gasteiger charge is -2.30. The lowest BCUT2D eigenvalue weighted by Crippen LogP contribution is -2.48. The van der Waals surface area contributed by atoms with E-state index < -0.39 is 5.54 Å². The van der Waals surface area contributed by atoms with Crippen molar-refractivity contribution in [3.8, 4) is 0 Å². The summed E-state index contributed by atoms with van der Waals surface area (Å²) in [5, 5.41) is 3.22. The maximum atomic E-state index is 12.3. The molecule has 0 fully saturated rings. The summed E-state index contributed by atoms with van der Waals surface area (Å²) in [6, 6.07) is 6.10. The van der Waals surface area contributed by atoms with Crippen LogP contribution in [0.4, 0.5) is 0 Å². The van der Waals surface area contributed by atoms with Crippen LogP contribution >= 0.6 is 0 Å². The van der Waals surface area contributed by atoms with Crippen LogP contribution in [0.1, 0.15) is 30.5 Å². The molecule has 1 N–H and O–H groups in total. The third-order valence-corrected chi connectivity index (χ3v) is 3.22. The molecule has 3 heteroatoms. The van der Waals surface area contributed by atoms with Crippen molar-refractivity contribution in [2.75, 3.05) is 13.2 Å². The fraction of sp³-hybridized carbons (Fsp3) is 0.438. The van der Waals surface area contributed by atoms with Crippen molar-refractivity contribution < 1.29 is 9.53 Å². The van der Waals surface area contributed by atoms with Crippen molar-refractivity contribution >= 4 is 5.97 Å². The van der Waals surface area contributed by atoms with Crippen molar-refractivity contribution in [1.82, 2.24) is 5.32 Å². The van der Waals surface area contributed by atoms with Crippen LogP contribution in [0.5, 0.6) is 0 Å². The van der Waals surface area contributed by atoms with E-state index in [4.69, 9.17) is 4.74 Å². The molecular formula is C16H23NO2. The number of rotatable bonds is 6. The summed E-state index contributed by atoms with van der Waals surface area (Å²) >= 11 is 0. The number of nitrogens with one attached hydrogen (secondary N) is 1. The number of carbonyl (C=O) groups excluding carboxylic acids is 1. The summed E-state index contributed by atoms with van der Waals surface area (Å²) in [5.41, 5.74) is 2.29. The van der Waals surface area contributed by atoms with Gasteiger partial charge < -0.3 is 4.74 Å². The molecule has 0 aliphatic carbocycles. The molecule has 1 aromatic carbocycles. The van der Waals surface area contributed by atoms with E-state index in [9.17, 15) is 4.79 Å². The summed E-state index contributed by atoms with van der Waals surface area (Å²) in [5.74, 6) is -0.259. The molecule has 104 valence electrons. The molecule has 0 heterocycles. The van der Waals surface area contributed by atoms with Gasteiger partial charge in [0.2, 0.25) is 0 Å². The van der Waals surface area contributed by atoms with Crippen LogP contribution in [0.15, 0.2) is 30.9 Å². The summed E-state index contributed by atoms with van der Waals surface area (Å²) in [7, 11) is 0. The monoisotopic (exact) mass is 261 g/mol. The zero-order valence-corrected chi connectivity index (χ0v) is 12.2. The molecule has 1 aromatic rings. The van der Waals surface area contributed by atoms with E-state index in [1.165, 1.54) is 0 Å². The Bertz CT molecular complexity index is 468. The lowest BCUT2D eigenvalue weighted by atomic mass is 9.87.